The number of carbonyl (C=O) groups is 1. The van der Waals surface area contributed by atoms with E-state index in [0.717, 1.165) is 4.31 Å². The number of nitrogens with zero attached hydrogens (tertiary/aromatic N) is 2. The Morgan fingerprint density at radius 3 is 2.38 bits per heavy atom. The molecule has 8 nitrogen and oxygen atoms in total. The number of hydrogen-bond acceptors (Lipinski definition) is 6. The number of carbonyl (C=O) groups excluding carboxylic acids is 1. The zero-order valence-electron chi connectivity index (χ0n) is 17.0. The molecule has 0 saturated heterocycles. The van der Waals surface area contributed by atoms with E-state index in [4.69, 9.17) is 4.74 Å². The second-order valence-electron chi connectivity index (χ2n) is 7.84. The molecule has 1 amide bonds. The number of methoxy groups -OCH3 is 1. The first kappa shape index (κ1) is 22.8. The Morgan fingerprint density at radius 2 is 1.90 bits per heavy atom. The van der Waals surface area contributed by atoms with E-state index in [1.807, 2.05) is 20.8 Å². The Hall–Kier alpha value is -2.49. The third-order valence-electron chi connectivity index (χ3n) is 4.29. The van der Waals surface area contributed by atoms with Crippen LogP contribution in [0.15, 0.2) is 53.7 Å². The van der Waals surface area contributed by atoms with Crippen LogP contribution in [0.5, 0.6) is 5.75 Å². The molecule has 158 valence electrons. The molecule has 0 unspecified atom stereocenters. The first-order valence-electron chi connectivity index (χ1n) is 9.07. The Morgan fingerprint density at radius 1 is 1.24 bits per heavy atom. The van der Waals surface area contributed by atoms with Crippen LogP contribution >= 0.6 is 0 Å². The summed E-state index contributed by atoms with van der Waals surface area (Å²) in [6.07, 6.45) is 3.33. The summed E-state index contributed by atoms with van der Waals surface area (Å²) in [7, 11) is -2.58. The Kier molecular flexibility index (Phi) is 7.34. The smallest absolute Gasteiger partial charge is 0.261 e. The number of pyridine rings is 1. The molecule has 2 rings (SSSR count). The van der Waals surface area contributed by atoms with Gasteiger partial charge in [-0.3, -0.25) is 15.0 Å². The van der Waals surface area contributed by atoms with Crippen LogP contribution in [-0.2, 0) is 21.4 Å². The van der Waals surface area contributed by atoms with Gasteiger partial charge in [0.15, 0.2) is 0 Å². The van der Waals surface area contributed by atoms with Crippen LogP contribution in [0.25, 0.3) is 0 Å². The van der Waals surface area contributed by atoms with Gasteiger partial charge < -0.3 is 4.74 Å². The maximum Gasteiger partial charge on any atom is 0.261 e. The van der Waals surface area contributed by atoms with Gasteiger partial charge in [0.1, 0.15) is 11.8 Å². The second-order valence-corrected chi connectivity index (χ2v) is 9.73. The predicted molar refractivity (Wildman–Crippen MR) is 108 cm³/mol. The molecular formula is C20H27N3O5S. The lowest BCUT2D eigenvalue weighted by Crippen LogP contribution is -2.50. The van der Waals surface area contributed by atoms with Gasteiger partial charge in [-0.05, 0) is 47.7 Å². The van der Waals surface area contributed by atoms with Crippen LogP contribution in [0.1, 0.15) is 32.8 Å². The van der Waals surface area contributed by atoms with Crippen molar-refractivity contribution in [2.24, 2.45) is 5.41 Å². The first-order valence-corrected chi connectivity index (χ1v) is 10.5. The quantitative estimate of drug-likeness (QED) is 0.501. The molecule has 0 saturated carbocycles. The summed E-state index contributed by atoms with van der Waals surface area (Å²) >= 11 is 0. The summed E-state index contributed by atoms with van der Waals surface area (Å²) in [4.78, 5) is 16.5. The Balaban J connectivity index is 2.55. The summed E-state index contributed by atoms with van der Waals surface area (Å²) in [5.74, 6) is -0.275. The molecule has 2 N–H and O–H groups in total. The first-order chi connectivity index (χ1) is 13.6. The average Bonchev–Trinajstić information content (AvgIpc) is 2.70. The molecule has 1 aromatic heterocycles. The van der Waals surface area contributed by atoms with Crippen LogP contribution < -0.4 is 10.2 Å². The number of ether oxygens (including phenoxy) is 1. The molecular weight excluding hydrogens is 394 g/mol. The molecule has 1 heterocycles. The van der Waals surface area contributed by atoms with E-state index in [-0.39, 0.29) is 23.3 Å². The molecule has 0 bridgehead atoms. The highest BCUT2D eigenvalue weighted by Crippen LogP contribution is 2.29. The van der Waals surface area contributed by atoms with Crippen molar-refractivity contribution in [1.29, 1.82) is 0 Å². The van der Waals surface area contributed by atoms with E-state index in [0.29, 0.717) is 11.3 Å². The van der Waals surface area contributed by atoms with E-state index in [1.165, 1.54) is 19.2 Å². The number of benzene rings is 1. The van der Waals surface area contributed by atoms with Crippen LogP contribution in [0.3, 0.4) is 0 Å². The van der Waals surface area contributed by atoms with Crippen molar-refractivity contribution in [3.8, 4) is 5.75 Å². The van der Waals surface area contributed by atoms with Gasteiger partial charge in [-0.2, -0.15) is 4.31 Å². The van der Waals surface area contributed by atoms with Crippen molar-refractivity contribution in [3.05, 3.63) is 54.4 Å². The highest BCUT2D eigenvalue weighted by molar-refractivity contribution is 7.89. The van der Waals surface area contributed by atoms with E-state index < -0.39 is 22.0 Å². The lowest BCUT2D eigenvalue weighted by atomic mass is 9.87. The maximum absolute atomic E-state index is 13.5. The standard InChI is InChI=1S/C20H27N3O5S/c1-20(2,3)12-18(19(24)22-25)23(14-15-6-5-11-21-13-15)29(26,27)17-9-7-16(28-4)8-10-17/h5-11,13,18,25H,12,14H2,1-4H3,(H,22,24)/t18-/m1/s1. The average molecular weight is 422 g/mol. The van der Waals surface area contributed by atoms with E-state index in [2.05, 4.69) is 4.98 Å². The van der Waals surface area contributed by atoms with Crippen molar-refractivity contribution < 1.29 is 23.2 Å². The van der Waals surface area contributed by atoms with Crippen LogP contribution in [-0.4, -0.2) is 42.0 Å². The molecule has 2 aromatic rings. The van der Waals surface area contributed by atoms with Crippen molar-refractivity contribution in [3.63, 3.8) is 0 Å². The number of hydroxylamine groups is 1. The fourth-order valence-corrected chi connectivity index (χ4v) is 4.47. The molecule has 29 heavy (non-hydrogen) atoms. The molecule has 0 radical (unpaired) electrons. The Labute approximate surface area is 171 Å². The van der Waals surface area contributed by atoms with Gasteiger partial charge in [-0.15, -0.1) is 0 Å². The third-order valence-corrected chi connectivity index (χ3v) is 6.16. The molecule has 0 fully saturated rings. The number of hydrogen-bond donors (Lipinski definition) is 2. The minimum absolute atomic E-state index is 0.0202. The molecule has 9 heteroatoms. The molecule has 1 aromatic carbocycles. The summed E-state index contributed by atoms with van der Waals surface area (Å²) in [5, 5.41) is 9.27. The number of amides is 1. The summed E-state index contributed by atoms with van der Waals surface area (Å²) in [6, 6.07) is 8.24. The van der Waals surface area contributed by atoms with Gasteiger partial charge in [0.25, 0.3) is 5.91 Å². The van der Waals surface area contributed by atoms with Crippen LogP contribution in [0.4, 0.5) is 0 Å². The van der Waals surface area contributed by atoms with Gasteiger partial charge >= 0.3 is 0 Å². The van der Waals surface area contributed by atoms with E-state index >= 15 is 0 Å². The minimum Gasteiger partial charge on any atom is -0.497 e. The van der Waals surface area contributed by atoms with Crippen molar-refractivity contribution in [2.45, 2.75) is 44.7 Å². The number of sulfonamides is 1. The second kappa shape index (κ2) is 9.34. The number of aromatic nitrogens is 1. The van der Waals surface area contributed by atoms with E-state index in [9.17, 15) is 18.4 Å². The molecule has 0 aliphatic carbocycles. The zero-order valence-corrected chi connectivity index (χ0v) is 17.8. The summed E-state index contributed by atoms with van der Waals surface area (Å²) in [6.45, 7) is 5.61. The normalized spacial score (nSPS) is 13.2. The third kappa shape index (κ3) is 5.99. The van der Waals surface area contributed by atoms with Gasteiger partial charge in [-0.1, -0.05) is 26.8 Å². The number of rotatable bonds is 8. The van der Waals surface area contributed by atoms with E-state index in [1.54, 1.807) is 42.1 Å². The van der Waals surface area contributed by atoms with Crippen molar-refractivity contribution in [1.82, 2.24) is 14.8 Å². The fourth-order valence-electron chi connectivity index (χ4n) is 2.90. The van der Waals surface area contributed by atoms with Gasteiger partial charge in [0, 0.05) is 18.9 Å². The SMILES string of the molecule is COc1ccc(S(=O)(=O)N(Cc2cccnc2)[C@H](CC(C)(C)C)C(=O)NO)cc1. The minimum atomic E-state index is -4.07. The van der Waals surface area contributed by atoms with Crippen molar-refractivity contribution >= 4 is 15.9 Å². The monoisotopic (exact) mass is 421 g/mol. The van der Waals surface area contributed by atoms with Gasteiger partial charge in [0.05, 0.1) is 12.0 Å². The largest absolute Gasteiger partial charge is 0.497 e. The number of nitrogens with one attached hydrogen (secondary N) is 1. The van der Waals surface area contributed by atoms with Crippen LogP contribution in [0, 0.1) is 5.41 Å². The fraction of sp³-hybridized carbons (Fsp3) is 0.400. The lowest BCUT2D eigenvalue weighted by molar-refractivity contribution is -0.134. The molecule has 0 aliphatic heterocycles. The zero-order chi connectivity index (χ0) is 21.7. The molecule has 0 spiro atoms. The van der Waals surface area contributed by atoms with Gasteiger partial charge in [0.2, 0.25) is 10.0 Å². The molecule has 0 aliphatic rings. The lowest BCUT2D eigenvalue weighted by Gasteiger charge is -2.33. The van der Waals surface area contributed by atoms with Crippen LogP contribution in [0.2, 0.25) is 0 Å². The molecule has 1 atom stereocenters. The van der Waals surface area contributed by atoms with Gasteiger partial charge in [-0.25, -0.2) is 13.9 Å². The highest BCUT2D eigenvalue weighted by atomic mass is 32.2. The maximum atomic E-state index is 13.5. The topological polar surface area (TPSA) is 109 Å². The highest BCUT2D eigenvalue weighted by Gasteiger charge is 2.38. The predicted octanol–water partition coefficient (Wildman–Crippen LogP) is 2.59. The van der Waals surface area contributed by atoms with Crippen molar-refractivity contribution in [2.75, 3.05) is 7.11 Å². The Bertz CT molecular complexity index is 909. The summed E-state index contributed by atoms with van der Waals surface area (Å²) < 4.78 is 33.2. The summed E-state index contributed by atoms with van der Waals surface area (Å²) in [5.41, 5.74) is 1.86.